The van der Waals surface area contributed by atoms with E-state index < -0.39 is 12.6 Å². The summed E-state index contributed by atoms with van der Waals surface area (Å²) in [5, 5.41) is 18.3. The van der Waals surface area contributed by atoms with Crippen molar-refractivity contribution in [3.05, 3.63) is 12.3 Å². The SMILES string of the molecule is C=C(O)C(C)(C)N(C)B(C)O. The van der Waals surface area contributed by atoms with Crippen LogP contribution in [0.3, 0.4) is 0 Å². The normalized spacial score (nSPS) is 11.8. The van der Waals surface area contributed by atoms with Gasteiger partial charge in [-0.15, -0.1) is 0 Å². The van der Waals surface area contributed by atoms with E-state index in [0.717, 1.165) is 0 Å². The van der Waals surface area contributed by atoms with Gasteiger partial charge in [-0.1, -0.05) is 6.58 Å². The van der Waals surface area contributed by atoms with Gasteiger partial charge in [0.05, 0.1) is 5.54 Å². The van der Waals surface area contributed by atoms with E-state index in [4.69, 9.17) is 5.11 Å². The molecule has 4 heteroatoms. The maximum Gasteiger partial charge on any atom is 0.376 e. The quantitative estimate of drug-likeness (QED) is 0.472. The smallest absolute Gasteiger partial charge is 0.376 e. The van der Waals surface area contributed by atoms with Gasteiger partial charge in [0.15, 0.2) is 0 Å². The van der Waals surface area contributed by atoms with Gasteiger partial charge in [-0.3, -0.25) is 0 Å². The van der Waals surface area contributed by atoms with Gasteiger partial charge in [0, 0.05) is 0 Å². The molecule has 64 valence electrons. The van der Waals surface area contributed by atoms with Crippen LogP contribution < -0.4 is 0 Å². The number of likely N-dealkylation sites (N-methyl/N-ethyl adjacent to an activating group) is 1. The maximum atomic E-state index is 9.18. The third kappa shape index (κ3) is 2.24. The van der Waals surface area contributed by atoms with E-state index in [1.807, 2.05) is 0 Å². The molecular weight excluding hydrogens is 141 g/mol. The molecule has 0 aromatic carbocycles. The minimum atomic E-state index is -0.589. The monoisotopic (exact) mass is 157 g/mol. The summed E-state index contributed by atoms with van der Waals surface area (Å²) in [5.74, 6) is 0.0564. The summed E-state index contributed by atoms with van der Waals surface area (Å²) in [6.07, 6.45) is 0. The van der Waals surface area contributed by atoms with Crippen molar-refractivity contribution >= 4 is 7.05 Å². The molecule has 0 aliphatic rings. The highest BCUT2D eigenvalue weighted by Crippen LogP contribution is 2.19. The molecule has 0 spiro atoms. The lowest BCUT2D eigenvalue weighted by Crippen LogP contribution is -2.49. The Bertz CT molecular complexity index is 157. The molecule has 0 fully saturated rings. The van der Waals surface area contributed by atoms with Gasteiger partial charge in [-0.2, -0.15) is 0 Å². The van der Waals surface area contributed by atoms with Crippen LogP contribution in [0, 0.1) is 0 Å². The van der Waals surface area contributed by atoms with Crippen molar-refractivity contribution < 1.29 is 10.1 Å². The zero-order valence-corrected chi connectivity index (χ0v) is 7.63. The molecule has 0 amide bonds. The highest BCUT2D eigenvalue weighted by atomic mass is 16.3. The van der Waals surface area contributed by atoms with Gasteiger partial charge in [-0.05, 0) is 27.7 Å². The molecule has 0 aromatic rings. The van der Waals surface area contributed by atoms with Crippen molar-refractivity contribution in [2.75, 3.05) is 7.05 Å². The second kappa shape index (κ2) is 3.28. The Morgan fingerprint density at radius 2 is 1.91 bits per heavy atom. The summed E-state index contributed by atoms with van der Waals surface area (Å²) >= 11 is 0. The third-order valence-corrected chi connectivity index (χ3v) is 2.15. The Labute approximate surface area is 68.5 Å². The van der Waals surface area contributed by atoms with E-state index in [1.165, 1.54) is 0 Å². The predicted molar refractivity (Wildman–Crippen MR) is 47.4 cm³/mol. The molecular formula is C7H16BNO2. The molecule has 0 aliphatic heterocycles. The van der Waals surface area contributed by atoms with E-state index >= 15 is 0 Å². The first-order chi connectivity index (χ1) is 4.80. The van der Waals surface area contributed by atoms with E-state index in [1.54, 1.807) is 32.5 Å². The Hall–Kier alpha value is -0.475. The van der Waals surface area contributed by atoms with E-state index in [2.05, 4.69) is 6.58 Å². The topological polar surface area (TPSA) is 43.7 Å². The lowest BCUT2D eigenvalue weighted by molar-refractivity contribution is 0.198. The van der Waals surface area contributed by atoms with Gasteiger partial charge in [0.1, 0.15) is 5.76 Å². The van der Waals surface area contributed by atoms with Crippen molar-refractivity contribution in [3.63, 3.8) is 0 Å². The number of hydrogen-bond donors (Lipinski definition) is 2. The average molecular weight is 157 g/mol. The lowest BCUT2D eigenvalue weighted by atomic mass is 9.79. The number of hydrogen-bond acceptors (Lipinski definition) is 3. The molecule has 0 radical (unpaired) electrons. The zero-order chi connectivity index (χ0) is 9.23. The van der Waals surface area contributed by atoms with Gasteiger partial charge >= 0.3 is 7.05 Å². The van der Waals surface area contributed by atoms with Gasteiger partial charge < -0.3 is 14.9 Å². The highest BCUT2D eigenvalue weighted by Gasteiger charge is 2.31. The fourth-order valence-corrected chi connectivity index (χ4v) is 0.671. The van der Waals surface area contributed by atoms with Crippen molar-refractivity contribution in [2.24, 2.45) is 0 Å². The fraction of sp³-hybridized carbons (Fsp3) is 0.714. The molecule has 0 bridgehead atoms. The third-order valence-electron chi connectivity index (χ3n) is 2.15. The second-order valence-corrected chi connectivity index (χ2v) is 3.25. The molecule has 0 saturated carbocycles. The van der Waals surface area contributed by atoms with Crippen LogP contribution in [0.2, 0.25) is 6.82 Å². The summed E-state index contributed by atoms with van der Waals surface area (Å²) in [6, 6.07) is 0. The summed E-state index contributed by atoms with van der Waals surface area (Å²) in [5.41, 5.74) is -0.575. The Morgan fingerprint density at radius 3 is 2.00 bits per heavy atom. The van der Waals surface area contributed by atoms with Crippen LogP contribution in [0.1, 0.15) is 13.8 Å². The Morgan fingerprint density at radius 1 is 1.55 bits per heavy atom. The predicted octanol–water partition coefficient (Wildman–Crippen LogP) is 0.879. The van der Waals surface area contributed by atoms with E-state index in [-0.39, 0.29) is 5.76 Å². The standard InChI is InChI=1S/C7H16BNO2/c1-6(10)7(2,3)9(5)8(4)11/h10-11H,1H2,2-5H3. The zero-order valence-electron chi connectivity index (χ0n) is 7.63. The first-order valence-corrected chi connectivity index (χ1v) is 3.59. The van der Waals surface area contributed by atoms with Crippen LogP contribution in [0.4, 0.5) is 0 Å². The number of rotatable bonds is 3. The lowest BCUT2D eigenvalue weighted by Gasteiger charge is -2.35. The van der Waals surface area contributed by atoms with E-state index in [0.29, 0.717) is 0 Å². The van der Waals surface area contributed by atoms with Gasteiger partial charge in [-0.25, -0.2) is 0 Å². The van der Waals surface area contributed by atoms with E-state index in [9.17, 15) is 5.02 Å². The van der Waals surface area contributed by atoms with Gasteiger partial charge in [0.2, 0.25) is 0 Å². The van der Waals surface area contributed by atoms with Gasteiger partial charge in [0.25, 0.3) is 0 Å². The van der Waals surface area contributed by atoms with Crippen LogP contribution >= 0.6 is 0 Å². The molecule has 11 heavy (non-hydrogen) atoms. The van der Waals surface area contributed by atoms with Crippen LogP contribution in [0.15, 0.2) is 12.3 Å². The molecule has 0 saturated heterocycles. The molecule has 0 rings (SSSR count). The first kappa shape index (κ1) is 10.5. The number of nitrogens with zero attached hydrogens (tertiary/aromatic N) is 1. The average Bonchev–Trinajstić information content (AvgIpc) is 1.85. The highest BCUT2D eigenvalue weighted by molar-refractivity contribution is 6.45. The molecule has 0 atom stereocenters. The summed E-state index contributed by atoms with van der Waals surface area (Å²) < 4.78 is 0. The summed E-state index contributed by atoms with van der Waals surface area (Å²) in [6.45, 7) is 8.66. The molecule has 0 unspecified atom stereocenters. The van der Waals surface area contributed by atoms with Crippen molar-refractivity contribution in [3.8, 4) is 0 Å². The molecule has 0 heterocycles. The van der Waals surface area contributed by atoms with Crippen LogP contribution in [-0.2, 0) is 0 Å². The van der Waals surface area contributed by atoms with Crippen molar-refractivity contribution in [1.82, 2.24) is 4.81 Å². The number of aliphatic hydroxyl groups is 1. The maximum absolute atomic E-state index is 9.18. The number of aliphatic hydroxyl groups excluding tert-OH is 1. The van der Waals surface area contributed by atoms with Crippen molar-refractivity contribution in [1.29, 1.82) is 0 Å². The second-order valence-electron chi connectivity index (χ2n) is 3.25. The fourth-order valence-electron chi connectivity index (χ4n) is 0.671. The largest absolute Gasteiger partial charge is 0.511 e. The molecule has 3 nitrogen and oxygen atoms in total. The Kier molecular flexibility index (Phi) is 3.14. The summed E-state index contributed by atoms with van der Waals surface area (Å²) in [7, 11) is 1.14. The summed E-state index contributed by atoms with van der Waals surface area (Å²) in [4.78, 5) is 1.63. The van der Waals surface area contributed by atoms with Crippen molar-refractivity contribution in [2.45, 2.75) is 26.2 Å². The molecule has 0 aliphatic carbocycles. The van der Waals surface area contributed by atoms with Crippen LogP contribution in [-0.4, -0.2) is 34.6 Å². The first-order valence-electron chi connectivity index (χ1n) is 3.59. The van der Waals surface area contributed by atoms with Crippen LogP contribution in [0.25, 0.3) is 0 Å². The molecule has 2 N–H and O–H groups in total. The minimum Gasteiger partial charge on any atom is -0.511 e. The van der Waals surface area contributed by atoms with Crippen LogP contribution in [0.5, 0.6) is 0 Å². The Balaban J connectivity index is 4.42. The minimum absolute atomic E-state index is 0.0564. The molecule has 0 aromatic heterocycles.